The minimum absolute atomic E-state index is 0.0825. The predicted octanol–water partition coefficient (Wildman–Crippen LogP) is 6.17. The maximum atomic E-state index is 14.1. The molecule has 5 rings (SSSR count). The van der Waals surface area contributed by atoms with E-state index in [1.807, 2.05) is 36.1 Å². The lowest BCUT2D eigenvalue weighted by molar-refractivity contribution is -0.143. The van der Waals surface area contributed by atoms with Crippen molar-refractivity contribution in [2.45, 2.75) is 63.6 Å². The summed E-state index contributed by atoms with van der Waals surface area (Å²) in [6.45, 7) is 5.26. The van der Waals surface area contributed by atoms with Crippen molar-refractivity contribution in [1.82, 2.24) is 20.0 Å². The molecule has 2 aromatic rings. The Morgan fingerprint density at radius 3 is 2.17 bits per heavy atom. The highest BCUT2D eigenvalue weighted by Gasteiger charge is 2.57. The van der Waals surface area contributed by atoms with Crippen molar-refractivity contribution in [2.75, 3.05) is 33.2 Å². The molecule has 0 unspecified atom stereocenters. The summed E-state index contributed by atoms with van der Waals surface area (Å²) in [4.78, 5) is 32.5. The molecule has 0 aromatic heterocycles. The molecule has 0 bridgehead atoms. The van der Waals surface area contributed by atoms with Gasteiger partial charge in [-0.1, -0.05) is 24.3 Å². The van der Waals surface area contributed by atoms with Gasteiger partial charge >= 0.3 is 18.4 Å². The van der Waals surface area contributed by atoms with Crippen molar-refractivity contribution in [3.05, 3.63) is 70.3 Å². The van der Waals surface area contributed by atoms with Crippen LogP contribution in [-0.2, 0) is 17.1 Å². The molecular weight excluding hydrogens is 562 g/mol. The zero-order valence-corrected chi connectivity index (χ0v) is 23.6. The van der Waals surface area contributed by atoms with Crippen LogP contribution in [-0.4, -0.2) is 65.9 Å². The van der Waals surface area contributed by atoms with Gasteiger partial charge in [-0.15, -0.1) is 0 Å². The SMILES string of the molecule is Cc1ccccc1[C@H]1[C@@H]2CC3(CCNCC3)C(=O)N2CCN1C(=O)N(C)[C@H](C)c1cc(C(F)(F)F)cc(C(F)(F)F)c1. The Bertz CT molecular complexity index is 1320. The first-order valence-corrected chi connectivity index (χ1v) is 14.0. The molecule has 3 heterocycles. The average Bonchev–Trinajstić information content (AvgIpc) is 3.21. The summed E-state index contributed by atoms with van der Waals surface area (Å²) >= 11 is 0. The molecule has 1 N–H and O–H groups in total. The summed E-state index contributed by atoms with van der Waals surface area (Å²) in [5.41, 5.74) is -1.86. The number of halogens is 6. The van der Waals surface area contributed by atoms with Crippen molar-refractivity contribution >= 4 is 11.9 Å². The van der Waals surface area contributed by atoms with Gasteiger partial charge in [-0.3, -0.25) is 4.79 Å². The van der Waals surface area contributed by atoms with Crippen molar-refractivity contribution in [3.63, 3.8) is 0 Å². The number of benzene rings is 2. The highest BCUT2D eigenvalue weighted by molar-refractivity contribution is 5.86. The van der Waals surface area contributed by atoms with Crippen molar-refractivity contribution < 1.29 is 35.9 Å². The number of amides is 3. The van der Waals surface area contributed by atoms with E-state index in [0.717, 1.165) is 24.2 Å². The van der Waals surface area contributed by atoms with Crippen LogP contribution in [0.5, 0.6) is 0 Å². The third-order valence-electron chi connectivity index (χ3n) is 9.29. The van der Waals surface area contributed by atoms with Crippen LogP contribution in [0, 0.1) is 12.3 Å². The van der Waals surface area contributed by atoms with E-state index in [4.69, 9.17) is 0 Å². The summed E-state index contributed by atoms with van der Waals surface area (Å²) in [7, 11) is 1.38. The van der Waals surface area contributed by atoms with Gasteiger partial charge in [-0.05, 0) is 81.1 Å². The quantitative estimate of drug-likeness (QED) is 0.431. The van der Waals surface area contributed by atoms with E-state index in [-0.39, 0.29) is 30.1 Å². The first kappa shape index (κ1) is 30.2. The van der Waals surface area contributed by atoms with Crippen LogP contribution in [0.1, 0.15) is 66.1 Å². The minimum atomic E-state index is -5.00. The highest BCUT2D eigenvalue weighted by atomic mass is 19.4. The van der Waals surface area contributed by atoms with E-state index in [0.29, 0.717) is 37.9 Å². The normalized spacial score (nSPS) is 23.2. The Hall–Kier alpha value is -3.28. The number of piperazine rings is 1. The van der Waals surface area contributed by atoms with Gasteiger partial charge in [0, 0.05) is 20.1 Å². The Labute approximate surface area is 240 Å². The topological polar surface area (TPSA) is 55.9 Å². The number of carbonyl (C=O) groups is 2. The number of fused-ring (bicyclic) bond motifs is 1. The fourth-order valence-corrected chi connectivity index (χ4v) is 6.81. The molecule has 3 saturated heterocycles. The van der Waals surface area contributed by atoms with E-state index in [1.54, 1.807) is 4.90 Å². The monoisotopic (exact) mass is 596 g/mol. The molecule has 3 aliphatic heterocycles. The van der Waals surface area contributed by atoms with Crippen molar-refractivity contribution in [3.8, 4) is 0 Å². The van der Waals surface area contributed by atoms with E-state index in [2.05, 4.69) is 5.32 Å². The first-order valence-electron chi connectivity index (χ1n) is 14.0. The molecule has 2 aromatic carbocycles. The number of nitrogens with zero attached hydrogens (tertiary/aromatic N) is 3. The number of alkyl halides is 6. The molecule has 3 atom stereocenters. The molecule has 42 heavy (non-hydrogen) atoms. The number of aryl methyl sites for hydroxylation is 1. The number of carbonyl (C=O) groups excluding carboxylic acids is 2. The fraction of sp³-hybridized carbons (Fsp3) is 0.533. The smallest absolute Gasteiger partial charge is 0.335 e. The van der Waals surface area contributed by atoms with Gasteiger partial charge in [0.2, 0.25) is 5.91 Å². The van der Waals surface area contributed by atoms with Gasteiger partial charge in [0.15, 0.2) is 0 Å². The molecular formula is C30H34F6N4O2. The fourth-order valence-electron chi connectivity index (χ4n) is 6.81. The molecule has 3 aliphatic rings. The number of hydrogen-bond donors (Lipinski definition) is 1. The summed E-state index contributed by atoms with van der Waals surface area (Å²) in [6, 6.07) is 6.52. The van der Waals surface area contributed by atoms with Gasteiger partial charge in [-0.2, -0.15) is 26.3 Å². The molecule has 3 amide bonds. The van der Waals surface area contributed by atoms with Crippen LogP contribution in [0.3, 0.4) is 0 Å². The molecule has 6 nitrogen and oxygen atoms in total. The Kier molecular flexibility index (Phi) is 7.74. The van der Waals surface area contributed by atoms with Gasteiger partial charge < -0.3 is 20.0 Å². The molecule has 1 spiro atoms. The molecule has 12 heteroatoms. The predicted molar refractivity (Wildman–Crippen MR) is 143 cm³/mol. The van der Waals surface area contributed by atoms with Crippen LogP contribution in [0.15, 0.2) is 42.5 Å². The second-order valence-corrected chi connectivity index (χ2v) is 11.7. The highest BCUT2D eigenvalue weighted by Crippen LogP contribution is 2.50. The van der Waals surface area contributed by atoms with E-state index in [1.165, 1.54) is 18.9 Å². The van der Waals surface area contributed by atoms with Crippen LogP contribution in [0.25, 0.3) is 0 Å². The number of nitrogens with one attached hydrogen (secondary N) is 1. The lowest BCUT2D eigenvalue weighted by Gasteiger charge is -2.47. The third-order valence-corrected chi connectivity index (χ3v) is 9.29. The number of urea groups is 1. The Morgan fingerprint density at radius 1 is 1.00 bits per heavy atom. The van der Waals surface area contributed by atoms with Gasteiger partial charge in [-0.25, -0.2) is 4.79 Å². The van der Waals surface area contributed by atoms with Crippen molar-refractivity contribution in [2.24, 2.45) is 5.41 Å². The average molecular weight is 597 g/mol. The third kappa shape index (κ3) is 5.33. The second kappa shape index (κ2) is 10.8. The standard InChI is InChI=1S/C30H34F6N4O2/c1-18-6-4-5-7-23(18)25-24-17-28(8-10-37-11-9-28)26(41)39(24)12-13-40(25)27(42)38(3)19(2)20-14-21(29(31,32)33)16-22(15-20)30(34,35)36/h4-7,14-16,19,24-25,37H,8-13,17H2,1-3H3/t19-,24+,25+/m1/s1. The van der Waals surface area contributed by atoms with Crippen LogP contribution < -0.4 is 5.32 Å². The van der Waals surface area contributed by atoms with Crippen LogP contribution in [0.4, 0.5) is 31.1 Å². The largest absolute Gasteiger partial charge is 0.416 e. The molecule has 0 radical (unpaired) electrons. The summed E-state index contributed by atoms with van der Waals surface area (Å²) in [5, 5.41) is 3.30. The summed E-state index contributed by atoms with van der Waals surface area (Å²) in [6.07, 6.45) is -8.03. The molecule has 3 fully saturated rings. The Balaban J connectivity index is 1.50. The van der Waals surface area contributed by atoms with E-state index in [9.17, 15) is 35.9 Å². The van der Waals surface area contributed by atoms with Gasteiger partial charge in [0.1, 0.15) is 0 Å². The Morgan fingerprint density at radius 2 is 1.60 bits per heavy atom. The van der Waals surface area contributed by atoms with E-state index < -0.39 is 47.0 Å². The lowest BCUT2D eigenvalue weighted by Crippen LogP contribution is -2.57. The van der Waals surface area contributed by atoms with Gasteiger partial charge in [0.05, 0.1) is 34.7 Å². The van der Waals surface area contributed by atoms with Crippen molar-refractivity contribution in [1.29, 1.82) is 0 Å². The minimum Gasteiger partial charge on any atom is -0.335 e. The number of rotatable bonds is 3. The van der Waals surface area contributed by atoms with Gasteiger partial charge in [0.25, 0.3) is 0 Å². The molecule has 0 saturated carbocycles. The number of piperidine rings is 1. The lowest BCUT2D eigenvalue weighted by atomic mass is 9.75. The zero-order chi connectivity index (χ0) is 30.6. The van der Waals surface area contributed by atoms with Crippen LogP contribution in [0.2, 0.25) is 0 Å². The maximum absolute atomic E-state index is 14.1. The van der Waals surface area contributed by atoms with E-state index >= 15 is 0 Å². The maximum Gasteiger partial charge on any atom is 0.416 e. The first-order chi connectivity index (χ1) is 19.6. The molecule has 228 valence electrons. The number of hydrogen-bond acceptors (Lipinski definition) is 3. The summed E-state index contributed by atoms with van der Waals surface area (Å²) in [5.74, 6) is 0.0880. The second-order valence-electron chi connectivity index (χ2n) is 11.7. The summed E-state index contributed by atoms with van der Waals surface area (Å²) < 4.78 is 81.3. The zero-order valence-electron chi connectivity index (χ0n) is 23.6. The molecule has 0 aliphatic carbocycles. The van der Waals surface area contributed by atoms with Crippen LogP contribution >= 0.6 is 0 Å².